The molecule has 0 bridgehead atoms. The number of rotatable bonds is 6. The van der Waals surface area contributed by atoms with Crippen molar-refractivity contribution in [3.05, 3.63) is 65.0 Å². The van der Waals surface area contributed by atoms with Crippen molar-refractivity contribution in [1.82, 2.24) is 10.3 Å². The van der Waals surface area contributed by atoms with Crippen molar-refractivity contribution in [2.24, 2.45) is 5.92 Å². The normalized spacial score (nSPS) is 10.7. The highest BCUT2D eigenvalue weighted by molar-refractivity contribution is 5.78. The fourth-order valence-corrected chi connectivity index (χ4v) is 2.40. The Bertz CT molecular complexity index is 618. The third-order valence-electron chi connectivity index (χ3n) is 3.44. The second-order valence-electron chi connectivity index (χ2n) is 6.14. The maximum Gasteiger partial charge on any atom is 0.224 e. The second-order valence-corrected chi connectivity index (χ2v) is 6.14. The van der Waals surface area contributed by atoms with Gasteiger partial charge in [-0.05, 0) is 42.5 Å². The van der Waals surface area contributed by atoms with Gasteiger partial charge in [-0.15, -0.1) is 0 Å². The predicted molar refractivity (Wildman–Crippen MR) is 89.5 cm³/mol. The molecule has 0 spiro atoms. The number of aryl methyl sites for hydroxylation is 1. The highest BCUT2D eigenvalue weighted by Crippen LogP contribution is 2.10. The zero-order chi connectivity index (χ0) is 15.9. The van der Waals surface area contributed by atoms with Gasteiger partial charge in [0.05, 0.1) is 18.7 Å². The van der Waals surface area contributed by atoms with Crippen LogP contribution in [0.15, 0.2) is 42.5 Å². The molecule has 2 rings (SSSR count). The van der Waals surface area contributed by atoms with Gasteiger partial charge in [-0.2, -0.15) is 0 Å². The molecule has 0 saturated heterocycles. The lowest BCUT2D eigenvalue weighted by Gasteiger charge is -2.08. The molecule has 0 fully saturated rings. The van der Waals surface area contributed by atoms with Gasteiger partial charge in [0.1, 0.15) is 0 Å². The Balaban J connectivity index is 1.84. The molecular weight excluding hydrogens is 272 g/mol. The summed E-state index contributed by atoms with van der Waals surface area (Å²) in [6.07, 6.45) is 1.49. The van der Waals surface area contributed by atoms with E-state index >= 15 is 0 Å². The number of amides is 1. The van der Waals surface area contributed by atoms with Crippen molar-refractivity contribution in [1.29, 1.82) is 0 Å². The first-order valence-corrected chi connectivity index (χ1v) is 7.80. The van der Waals surface area contributed by atoms with Crippen LogP contribution in [-0.2, 0) is 24.2 Å². The third-order valence-corrected chi connectivity index (χ3v) is 3.44. The number of nitrogens with zero attached hydrogens (tertiary/aromatic N) is 1. The molecule has 0 aliphatic carbocycles. The van der Waals surface area contributed by atoms with E-state index < -0.39 is 0 Å². The molecule has 1 aromatic carbocycles. The van der Waals surface area contributed by atoms with Crippen molar-refractivity contribution in [2.45, 2.75) is 40.2 Å². The van der Waals surface area contributed by atoms with E-state index in [-0.39, 0.29) is 5.91 Å². The summed E-state index contributed by atoms with van der Waals surface area (Å²) in [5.41, 5.74) is 4.22. The zero-order valence-corrected chi connectivity index (χ0v) is 13.6. The Morgan fingerprint density at radius 3 is 2.41 bits per heavy atom. The number of hydrogen-bond donors (Lipinski definition) is 1. The molecule has 1 N–H and O–H groups in total. The van der Waals surface area contributed by atoms with E-state index in [0.29, 0.717) is 18.9 Å². The number of pyridine rings is 1. The van der Waals surface area contributed by atoms with E-state index in [1.54, 1.807) is 0 Å². The molecular formula is C19H24N2O. The number of nitrogens with one attached hydrogen (secondary N) is 1. The summed E-state index contributed by atoms with van der Waals surface area (Å²) in [6, 6.07) is 14.1. The van der Waals surface area contributed by atoms with Gasteiger partial charge in [-0.25, -0.2) is 0 Å². The van der Waals surface area contributed by atoms with Crippen molar-refractivity contribution in [3.8, 4) is 0 Å². The molecule has 1 amide bonds. The summed E-state index contributed by atoms with van der Waals surface area (Å²) < 4.78 is 0. The first-order chi connectivity index (χ1) is 10.5. The number of benzene rings is 1. The Labute approximate surface area is 132 Å². The molecule has 22 heavy (non-hydrogen) atoms. The first kappa shape index (κ1) is 16.2. The zero-order valence-electron chi connectivity index (χ0n) is 13.6. The number of hydrogen-bond acceptors (Lipinski definition) is 2. The average Bonchev–Trinajstić information content (AvgIpc) is 2.47. The van der Waals surface area contributed by atoms with Crippen LogP contribution < -0.4 is 5.32 Å². The topological polar surface area (TPSA) is 42.0 Å². The maximum absolute atomic E-state index is 12.0. The van der Waals surface area contributed by atoms with Crippen molar-refractivity contribution in [3.63, 3.8) is 0 Å². The monoisotopic (exact) mass is 296 g/mol. The molecule has 2 aromatic rings. The molecule has 0 aliphatic heterocycles. The van der Waals surface area contributed by atoms with Crippen LogP contribution in [0.1, 0.15) is 36.4 Å². The SMILES string of the molecule is Cc1cccc(CNC(=O)Cc2ccc(CC(C)C)cc2)n1. The highest BCUT2D eigenvalue weighted by atomic mass is 16.1. The van der Waals surface area contributed by atoms with Crippen LogP contribution in [0.4, 0.5) is 0 Å². The van der Waals surface area contributed by atoms with Gasteiger partial charge in [-0.1, -0.05) is 44.2 Å². The summed E-state index contributed by atoms with van der Waals surface area (Å²) >= 11 is 0. The van der Waals surface area contributed by atoms with Gasteiger partial charge in [0.2, 0.25) is 5.91 Å². The summed E-state index contributed by atoms with van der Waals surface area (Å²) in [7, 11) is 0. The molecule has 0 atom stereocenters. The molecule has 0 radical (unpaired) electrons. The molecule has 0 saturated carbocycles. The molecule has 0 aliphatic rings. The Morgan fingerprint density at radius 1 is 1.09 bits per heavy atom. The van der Waals surface area contributed by atoms with Gasteiger partial charge < -0.3 is 5.32 Å². The van der Waals surface area contributed by atoms with Crippen molar-refractivity contribution < 1.29 is 4.79 Å². The van der Waals surface area contributed by atoms with E-state index in [9.17, 15) is 4.79 Å². The van der Waals surface area contributed by atoms with Gasteiger partial charge in [0, 0.05) is 5.69 Å². The summed E-state index contributed by atoms with van der Waals surface area (Å²) in [5.74, 6) is 0.677. The van der Waals surface area contributed by atoms with Gasteiger partial charge in [-0.3, -0.25) is 9.78 Å². The van der Waals surface area contributed by atoms with E-state index in [0.717, 1.165) is 23.4 Å². The summed E-state index contributed by atoms with van der Waals surface area (Å²) in [6.45, 7) is 6.84. The smallest absolute Gasteiger partial charge is 0.224 e. The standard InChI is InChI=1S/C19H24N2O/c1-14(2)11-16-7-9-17(10-8-16)12-19(22)20-13-18-6-4-5-15(3)21-18/h4-10,14H,11-13H2,1-3H3,(H,20,22). The Morgan fingerprint density at radius 2 is 1.77 bits per heavy atom. The Hall–Kier alpha value is -2.16. The molecule has 1 aromatic heterocycles. The minimum absolute atomic E-state index is 0.0277. The van der Waals surface area contributed by atoms with Crippen LogP contribution in [0.2, 0.25) is 0 Å². The fourth-order valence-electron chi connectivity index (χ4n) is 2.40. The van der Waals surface area contributed by atoms with Gasteiger partial charge >= 0.3 is 0 Å². The minimum Gasteiger partial charge on any atom is -0.350 e. The predicted octanol–water partition coefficient (Wildman–Crippen LogP) is 3.45. The van der Waals surface area contributed by atoms with E-state index in [2.05, 4.69) is 36.3 Å². The molecule has 116 valence electrons. The molecule has 3 heteroatoms. The van der Waals surface area contributed by atoms with Crippen LogP contribution in [0.5, 0.6) is 0 Å². The van der Waals surface area contributed by atoms with Crippen LogP contribution in [0, 0.1) is 12.8 Å². The first-order valence-electron chi connectivity index (χ1n) is 7.80. The lowest BCUT2D eigenvalue weighted by Crippen LogP contribution is -2.25. The van der Waals surface area contributed by atoms with Crippen molar-refractivity contribution >= 4 is 5.91 Å². The number of carbonyl (C=O) groups excluding carboxylic acids is 1. The lowest BCUT2D eigenvalue weighted by atomic mass is 10.0. The fraction of sp³-hybridized carbons (Fsp3) is 0.368. The van der Waals surface area contributed by atoms with E-state index in [1.807, 2.05) is 37.3 Å². The van der Waals surface area contributed by atoms with Gasteiger partial charge in [0.15, 0.2) is 0 Å². The Kier molecular flexibility index (Phi) is 5.70. The maximum atomic E-state index is 12.0. The minimum atomic E-state index is 0.0277. The third kappa shape index (κ3) is 5.32. The number of aromatic nitrogens is 1. The summed E-state index contributed by atoms with van der Waals surface area (Å²) in [5, 5.41) is 2.92. The van der Waals surface area contributed by atoms with E-state index in [1.165, 1.54) is 5.56 Å². The van der Waals surface area contributed by atoms with Crippen LogP contribution in [0.3, 0.4) is 0 Å². The number of carbonyl (C=O) groups is 1. The van der Waals surface area contributed by atoms with Crippen LogP contribution >= 0.6 is 0 Å². The summed E-state index contributed by atoms with van der Waals surface area (Å²) in [4.78, 5) is 16.4. The average molecular weight is 296 g/mol. The van der Waals surface area contributed by atoms with Crippen LogP contribution in [-0.4, -0.2) is 10.9 Å². The quantitative estimate of drug-likeness (QED) is 0.887. The molecule has 1 heterocycles. The highest BCUT2D eigenvalue weighted by Gasteiger charge is 2.05. The largest absolute Gasteiger partial charge is 0.350 e. The molecule has 0 unspecified atom stereocenters. The lowest BCUT2D eigenvalue weighted by molar-refractivity contribution is -0.120. The second kappa shape index (κ2) is 7.74. The van der Waals surface area contributed by atoms with Crippen LogP contribution in [0.25, 0.3) is 0 Å². The van der Waals surface area contributed by atoms with Gasteiger partial charge in [0.25, 0.3) is 0 Å². The molecule has 3 nitrogen and oxygen atoms in total. The van der Waals surface area contributed by atoms with E-state index in [4.69, 9.17) is 0 Å². The van der Waals surface area contributed by atoms with Crippen molar-refractivity contribution in [2.75, 3.05) is 0 Å².